The number of hydrogen-bond acceptors (Lipinski definition) is 7. The predicted molar refractivity (Wildman–Crippen MR) is 126 cm³/mol. The number of rotatable bonds is 8. The van der Waals surface area contributed by atoms with Crippen LogP contribution in [0.15, 0.2) is 41.0 Å². The van der Waals surface area contributed by atoms with E-state index in [0.717, 1.165) is 0 Å². The Labute approximate surface area is 201 Å². The Hall–Kier alpha value is -2.85. The molecular formula is C23H28BrN3O6. The molecule has 0 unspecified atom stereocenters. The Balaban J connectivity index is 1.52. The number of nitrogens with zero attached hydrogens (tertiary/aromatic N) is 2. The van der Waals surface area contributed by atoms with Gasteiger partial charge in [0, 0.05) is 23.5 Å². The molecule has 0 bridgehead atoms. The molecule has 0 saturated carbocycles. The molecule has 0 aliphatic carbocycles. The lowest BCUT2D eigenvalue weighted by molar-refractivity contribution is -0.0221. The number of benzene rings is 1. The van der Waals surface area contributed by atoms with Crippen molar-refractivity contribution < 1.29 is 28.5 Å². The van der Waals surface area contributed by atoms with E-state index in [1.165, 1.54) is 6.20 Å². The number of ether oxygens (including phenoxy) is 4. The summed E-state index contributed by atoms with van der Waals surface area (Å²) in [5.74, 6) is 0.612. The Morgan fingerprint density at radius 3 is 2.52 bits per heavy atom. The summed E-state index contributed by atoms with van der Waals surface area (Å²) in [4.78, 5) is 30.5. The van der Waals surface area contributed by atoms with Crippen LogP contribution >= 0.6 is 15.9 Å². The highest BCUT2D eigenvalue weighted by Gasteiger charge is 2.35. The van der Waals surface area contributed by atoms with E-state index in [2.05, 4.69) is 26.2 Å². The minimum Gasteiger partial charge on any atom is -0.489 e. The Morgan fingerprint density at radius 2 is 1.88 bits per heavy atom. The predicted octanol–water partition coefficient (Wildman–Crippen LogP) is 4.12. The van der Waals surface area contributed by atoms with Crippen molar-refractivity contribution in [1.29, 1.82) is 0 Å². The van der Waals surface area contributed by atoms with Gasteiger partial charge in [0.25, 0.3) is 5.91 Å². The van der Waals surface area contributed by atoms with Gasteiger partial charge in [-0.2, -0.15) is 0 Å². The van der Waals surface area contributed by atoms with Gasteiger partial charge in [-0.3, -0.25) is 4.79 Å². The number of carbonyl (C=O) groups excluding carboxylic acids is 2. The van der Waals surface area contributed by atoms with Crippen molar-refractivity contribution >= 4 is 33.6 Å². The molecule has 0 spiro atoms. The topological polar surface area (TPSA) is 99.2 Å². The highest BCUT2D eigenvalue weighted by atomic mass is 79.9. The first-order chi connectivity index (χ1) is 15.6. The van der Waals surface area contributed by atoms with Crippen molar-refractivity contribution in [1.82, 2.24) is 9.88 Å². The normalized spacial score (nSPS) is 13.8. The molecule has 178 valence electrons. The second-order valence-electron chi connectivity index (χ2n) is 8.45. The molecule has 2 heterocycles. The molecule has 1 fully saturated rings. The van der Waals surface area contributed by atoms with E-state index in [0.29, 0.717) is 48.0 Å². The van der Waals surface area contributed by atoms with Gasteiger partial charge >= 0.3 is 6.09 Å². The first kappa shape index (κ1) is 24.8. The van der Waals surface area contributed by atoms with Crippen LogP contribution in [0.2, 0.25) is 0 Å². The Bertz CT molecular complexity index is 971. The van der Waals surface area contributed by atoms with Gasteiger partial charge in [-0.15, -0.1) is 0 Å². The fourth-order valence-electron chi connectivity index (χ4n) is 2.92. The lowest BCUT2D eigenvalue weighted by Crippen LogP contribution is -2.57. The van der Waals surface area contributed by atoms with Crippen LogP contribution < -0.4 is 14.8 Å². The van der Waals surface area contributed by atoms with Crippen LogP contribution in [0.4, 0.5) is 10.5 Å². The van der Waals surface area contributed by atoms with Crippen LogP contribution in [-0.4, -0.2) is 67.0 Å². The number of halogens is 1. The average Bonchev–Trinajstić information content (AvgIpc) is 2.70. The minimum atomic E-state index is -0.522. The van der Waals surface area contributed by atoms with Crippen LogP contribution in [0.25, 0.3) is 0 Å². The third-order valence-electron chi connectivity index (χ3n) is 4.49. The monoisotopic (exact) mass is 521 g/mol. The molecule has 2 aromatic rings. The van der Waals surface area contributed by atoms with E-state index < -0.39 is 11.5 Å². The highest BCUT2D eigenvalue weighted by molar-refractivity contribution is 9.10. The summed E-state index contributed by atoms with van der Waals surface area (Å²) in [6.07, 6.45) is 1.10. The van der Waals surface area contributed by atoms with E-state index in [-0.39, 0.29) is 17.9 Å². The third kappa shape index (κ3) is 7.33. The molecule has 3 rings (SSSR count). The zero-order valence-electron chi connectivity index (χ0n) is 19.1. The largest absolute Gasteiger partial charge is 0.489 e. The zero-order chi connectivity index (χ0) is 24.0. The molecule has 1 aromatic carbocycles. The number of amides is 2. The summed E-state index contributed by atoms with van der Waals surface area (Å²) < 4.78 is 22.5. The highest BCUT2D eigenvalue weighted by Crippen LogP contribution is 2.25. The molecule has 1 N–H and O–H groups in total. The van der Waals surface area contributed by atoms with Gasteiger partial charge in [-0.1, -0.05) is 0 Å². The number of hydrogen-bond donors (Lipinski definition) is 1. The quantitative estimate of drug-likeness (QED) is 0.521. The maximum atomic E-state index is 12.7. The number of nitrogens with one attached hydrogen (secondary N) is 1. The molecule has 33 heavy (non-hydrogen) atoms. The summed E-state index contributed by atoms with van der Waals surface area (Å²) in [5.41, 5.74) is 0.238. The molecule has 0 radical (unpaired) electrons. The van der Waals surface area contributed by atoms with E-state index in [1.54, 1.807) is 42.3 Å². The number of methoxy groups -OCH3 is 1. The zero-order valence-corrected chi connectivity index (χ0v) is 20.7. The third-order valence-corrected chi connectivity index (χ3v) is 4.93. The van der Waals surface area contributed by atoms with Gasteiger partial charge in [-0.05, 0) is 67.0 Å². The van der Waals surface area contributed by atoms with Gasteiger partial charge in [0.2, 0.25) is 0 Å². The van der Waals surface area contributed by atoms with E-state index in [1.807, 2.05) is 20.8 Å². The van der Waals surface area contributed by atoms with Gasteiger partial charge in [0.05, 0.1) is 19.7 Å². The molecule has 2 amide bonds. The molecule has 0 atom stereocenters. The van der Waals surface area contributed by atoms with E-state index >= 15 is 0 Å². The summed E-state index contributed by atoms with van der Waals surface area (Å²) in [6.45, 7) is 7.13. The molecule has 1 aliphatic heterocycles. The van der Waals surface area contributed by atoms with E-state index in [9.17, 15) is 9.59 Å². The van der Waals surface area contributed by atoms with Gasteiger partial charge < -0.3 is 29.2 Å². The van der Waals surface area contributed by atoms with Crippen molar-refractivity contribution in [3.63, 3.8) is 0 Å². The number of likely N-dealkylation sites (tertiary alicyclic amines) is 1. The minimum absolute atomic E-state index is 0.100. The van der Waals surface area contributed by atoms with Crippen molar-refractivity contribution in [3.8, 4) is 11.5 Å². The fraction of sp³-hybridized carbons (Fsp3) is 0.435. The maximum Gasteiger partial charge on any atom is 0.410 e. The molecule has 9 nitrogen and oxygen atoms in total. The second-order valence-corrected chi connectivity index (χ2v) is 9.36. The Kier molecular flexibility index (Phi) is 8.15. The van der Waals surface area contributed by atoms with Gasteiger partial charge in [0.15, 0.2) is 11.4 Å². The lowest BCUT2D eigenvalue weighted by Gasteiger charge is -2.39. The van der Waals surface area contributed by atoms with Crippen molar-refractivity contribution in [3.05, 3.63) is 46.7 Å². The van der Waals surface area contributed by atoms with Crippen LogP contribution in [0.1, 0.15) is 31.3 Å². The Morgan fingerprint density at radius 1 is 1.18 bits per heavy atom. The molecular weight excluding hydrogens is 494 g/mol. The maximum absolute atomic E-state index is 12.7. The van der Waals surface area contributed by atoms with Crippen molar-refractivity contribution in [2.45, 2.75) is 32.5 Å². The SMILES string of the molecule is COCCOc1cc(Br)cnc1C(=O)Nc1ccc(OC2CN(C(=O)OC(C)(C)C)C2)cc1. The average molecular weight is 522 g/mol. The summed E-state index contributed by atoms with van der Waals surface area (Å²) in [7, 11) is 1.57. The van der Waals surface area contributed by atoms with Gasteiger partial charge in [0.1, 0.15) is 24.1 Å². The first-order valence-electron chi connectivity index (χ1n) is 10.5. The van der Waals surface area contributed by atoms with E-state index in [4.69, 9.17) is 18.9 Å². The summed E-state index contributed by atoms with van der Waals surface area (Å²) >= 11 is 3.34. The fourth-order valence-corrected chi connectivity index (χ4v) is 3.23. The van der Waals surface area contributed by atoms with Gasteiger partial charge in [-0.25, -0.2) is 9.78 Å². The smallest absolute Gasteiger partial charge is 0.410 e. The molecule has 10 heteroatoms. The van der Waals surface area contributed by atoms with Crippen molar-refractivity contribution in [2.24, 2.45) is 0 Å². The van der Waals surface area contributed by atoms with Crippen LogP contribution in [-0.2, 0) is 9.47 Å². The van der Waals surface area contributed by atoms with Crippen LogP contribution in [0.3, 0.4) is 0 Å². The standard InChI is InChI=1S/C23H28BrN3O6/c1-23(2,3)33-22(29)27-13-18(14-27)32-17-7-5-16(6-8-17)26-21(28)20-19(31-10-9-30-4)11-15(24)12-25-20/h5-8,11-12,18H,9-10,13-14H2,1-4H3,(H,26,28). The summed E-state index contributed by atoms with van der Waals surface area (Å²) in [5, 5.41) is 2.81. The van der Waals surface area contributed by atoms with Crippen LogP contribution in [0.5, 0.6) is 11.5 Å². The number of anilines is 1. The molecule has 1 aliphatic rings. The number of carbonyl (C=O) groups is 2. The number of aromatic nitrogens is 1. The van der Waals surface area contributed by atoms with Crippen LogP contribution in [0, 0.1) is 0 Å². The first-order valence-corrected chi connectivity index (χ1v) is 11.3. The lowest BCUT2D eigenvalue weighted by atomic mass is 10.1. The number of pyridine rings is 1. The second kappa shape index (κ2) is 10.8. The molecule has 1 saturated heterocycles. The summed E-state index contributed by atoms with van der Waals surface area (Å²) in [6, 6.07) is 8.69. The molecule has 1 aromatic heterocycles. The van der Waals surface area contributed by atoms with Crippen molar-refractivity contribution in [2.75, 3.05) is 38.7 Å².